The van der Waals surface area contributed by atoms with Crippen LogP contribution in [-0.2, 0) is 0 Å². The predicted molar refractivity (Wildman–Crippen MR) is 54.9 cm³/mol. The average Bonchev–Trinajstić information content (AvgIpc) is 2.19. The van der Waals surface area contributed by atoms with Crippen molar-refractivity contribution in [3.63, 3.8) is 0 Å². The van der Waals surface area contributed by atoms with Gasteiger partial charge in [0, 0.05) is 32.7 Å². The zero-order chi connectivity index (χ0) is 9.68. The highest BCUT2D eigenvalue weighted by molar-refractivity contribution is 4.72. The van der Waals surface area contributed by atoms with Crippen molar-refractivity contribution < 1.29 is 5.11 Å². The van der Waals surface area contributed by atoms with E-state index < -0.39 is 0 Å². The number of aliphatic hydroxyl groups excluding tert-OH is 1. The molecule has 0 aromatic heterocycles. The van der Waals surface area contributed by atoms with Crippen molar-refractivity contribution in [3.05, 3.63) is 0 Å². The maximum Gasteiger partial charge on any atom is 0.0664 e. The number of hydrogen-bond donors (Lipinski definition) is 1. The van der Waals surface area contributed by atoms with Gasteiger partial charge in [-0.1, -0.05) is 13.8 Å². The molecular formula is C10H22N2O. The Labute approximate surface area is 81.3 Å². The minimum absolute atomic E-state index is 0.131. The first kappa shape index (κ1) is 11.0. The second kappa shape index (κ2) is 5.58. The third-order valence-corrected chi connectivity index (χ3v) is 2.85. The van der Waals surface area contributed by atoms with Crippen LogP contribution in [-0.4, -0.2) is 60.3 Å². The van der Waals surface area contributed by atoms with Crippen molar-refractivity contribution in [2.45, 2.75) is 26.4 Å². The van der Waals surface area contributed by atoms with Gasteiger partial charge in [0.25, 0.3) is 0 Å². The van der Waals surface area contributed by atoms with Crippen LogP contribution in [0.3, 0.4) is 0 Å². The Balaban J connectivity index is 2.17. The molecule has 0 amide bonds. The van der Waals surface area contributed by atoms with Crippen molar-refractivity contribution in [1.29, 1.82) is 0 Å². The fourth-order valence-corrected chi connectivity index (χ4v) is 1.72. The van der Waals surface area contributed by atoms with Gasteiger partial charge in [0.05, 0.1) is 6.10 Å². The number of piperazine rings is 1. The maximum absolute atomic E-state index is 9.48. The van der Waals surface area contributed by atoms with E-state index in [-0.39, 0.29) is 6.10 Å². The van der Waals surface area contributed by atoms with Gasteiger partial charge in [0.2, 0.25) is 0 Å². The number of nitrogens with zero attached hydrogens (tertiary/aromatic N) is 2. The van der Waals surface area contributed by atoms with E-state index in [1.54, 1.807) is 0 Å². The summed E-state index contributed by atoms with van der Waals surface area (Å²) >= 11 is 0. The van der Waals surface area contributed by atoms with Crippen LogP contribution in [0.15, 0.2) is 0 Å². The lowest BCUT2D eigenvalue weighted by atomic mass is 10.2. The molecule has 3 heteroatoms. The highest BCUT2D eigenvalue weighted by Crippen LogP contribution is 2.03. The normalized spacial score (nSPS) is 23.3. The third kappa shape index (κ3) is 3.63. The Morgan fingerprint density at radius 1 is 1.08 bits per heavy atom. The van der Waals surface area contributed by atoms with Gasteiger partial charge in [-0.25, -0.2) is 0 Å². The van der Waals surface area contributed by atoms with Crippen LogP contribution in [0.1, 0.15) is 20.3 Å². The van der Waals surface area contributed by atoms with Crippen molar-refractivity contribution in [1.82, 2.24) is 9.80 Å². The van der Waals surface area contributed by atoms with E-state index >= 15 is 0 Å². The van der Waals surface area contributed by atoms with Crippen molar-refractivity contribution in [3.8, 4) is 0 Å². The minimum atomic E-state index is -0.131. The molecule has 1 atom stereocenters. The van der Waals surface area contributed by atoms with Gasteiger partial charge in [0.15, 0.2) is 0 Å². The molecule has 0 saturated carbocycles. The van der Waals surface area contributed by atoms with Crippen LogP contribution in [0.5, 0.6) is 0 Å². The summed E-state index contributed by atoms with van der Waals surface area (Å²) in [5.74, 6) is 0. The van der Waals surface area contributed by atoms with Crippen molar-refractivity contribution >= 4 is 0 Å². The van der Waals surface area contributed by atoms with Crippen LogP contribution in [0, 0.1) is 0 Å². The van der Waals surface area contributed by atoms with Gasteiger partial charge >= 0.3 is 0 Å². The van der Waals surface area contributed by atoms with Crippen LogP contribution >= 0.6 is 0 Å². The lowest BCUT2D eigenvalue weighted by molar-refractivity contribution is 0.0728. The first-order valence-corrected chi connectivity index (χ1v) is 5.39. The standard InChI is InChI=1S/C10H22N2O/c1-3-10(13)9-12-7-5-11(4-2)6-8-12/h10,13H,3-9H2,1-2H3. The fraction of sp³-hybridized carbons (Fsp3) is 1.00. The van der Waals surface area contributed by atoms with Gasteiger partial charge in [-0.3, -0.25) is 4.90 Å². The second-order valence-corrected chi connectivity index (χ2v) is 3.80. The summed E-state index contributed by atoms with van der Waals surface area (Å²) in [5.41, 5.74) is 0. The number of β-amino-alcohol motifs (C(OH)–C–C–N with tert-alkyl or cyclic N) is 1. The summed E-state index contributed by atoms with van der Waals surface area (Å²) in [6.45, 7) is 10.8. The van der Waals surface area contributed by atoms with Gasteiger partial charge in [-0.05, 0) is 13.0 Å². The third-order valence-electron chi connectivity index (χ3n) is 2.85. The van der Waals surface area contributed by atoms with Crippen LogP contribution < -0.4 is 0 Å². The molecule has 0 aromatic rings. The number of aliphatic hydroxyl groups is 1. The van der Waals surface area contributed by atoms with Gasteiger partial charge in [-0.2, -0.15) is 0 Å². The number of likely N-dealkylation sites (N-methyl/N-ethyl adjacent to an activating group) is 1. The molecule has 1 heterocycles. The molecule has 0 aliphatic carbocycles. The maximum atomic E-state index is 9.48. The first-order valence-electron chi connectivity index (χ1n) is 5.39. The zero-order valence-corrected chi connectivity index (χ0v) is 8.87. The monoisotopic (exact) mass is 186 g/mol. The molecule has 1 fully saturated rings. The van der Waals surface area contributed by atoms with Crippen LogP contribution in [0.4, 0.5) is 0 Å². The molecule has 1 N–H and O–H groups in total. The molecule has 13 heavy (non-hydrogen) atoms. The molecule has 78 valence electrons. The highest BCUT2D eigenvalue weighted by atomic mass is 16.3. The molecule has 1 aliphatic rings. The van der Waals surface area contributed by atoms with Gasteiger partial charge < -0.3 is 10.0 Å². The molecule has 1 saturated heterocycles. The Morgan fingerprint density at radius 2 is 1.62 bits per heavy atom. The topological polar surface area (TPSA) is 26.7 Å². The molecule has 0 bridgehead atoms. The SMILES string of the molecule is CCC(O)CN1CCN(CC)CC1. The van der Waals surface area contributed by atoms with E-state index in [1.165, 1.54) is 0 Å². The number of rotatable bonds is 4. The van der Waals surface area contributed by atoms with E-state index in [0.29, 0.717) is 0 Å². The molecule has 1 rings (SSSR count). The van der Waals surface area contributed by atoms with Crippen LogP contribution in [0.2, 0.25) is 0 Å². The van der Waals surface area contributed by atoms with E-state index in [9.17, 15) is 5.11 Å². The largest absolute Gasteiger partial charge is 0.392 e. The highest BCUT2D eigenvalue weighted by Gasteiger charge is 2.16. The Kier molecular flexibility index (Phi) is 4.70. The average molecular weight is 186 g/mol. The molecule has 0 spiro atoms. The summed E-state index contributed by atoms with van der Waals surface area (Å²) in [4.78, 5) is 4.81. The Bertz CT molecular complexity index is 133. The summed E-state index contributed by atoms with van der Waals surface area (Å²) in [5, 5.41) is 9.48. The summed E-state index contributed by atoms with van der Waals surface area (Å²) < 4.78 is 0. The van der Waals surface area contributed by atoms with E-state index in [1.807, 2.05) is 6.92 Å². The van der Waals surface area contributed by atoms with Gasteiger partial charge in [-0.15, -0.1) is 0 Å². The molecule has 0 aromatic carbocycles. The molecule has 0 radical (unpaired) electrons. The molecule has 1 unspecified atom stereocenters. The van der Waals surface area contributed by atoms with Crippen molar-refractivity contribution in [2.24, 2.45) is 0 Å². The van der Waals surface area contributed by atoms with Gasteiger partial charge in [0.1, 0.15) is 0 Å². The summed E-state index contributed by atoms with van der Waals surface area (Å²) in [6.07, 6.45) is 0.738. The minimum Gasteiger partial charge on any atom is -0.392 e. The molecule has 1 aliphatic heterocycles. The second-order valence-electron chi connectivity index (χ2n) is 3.80. The number of hydrogen-bond acceptors (Lipinski definition) is 3. The first-order chi connectivity index (χ1) is 6.26. The Hall–Kier alpha value is -0.120. The fourth-order valence-electron chi connectivity index (χ4n) is 1.72. The predicted octanol–water partition coefficient (Wildman–Crippen LogP) is 0.395. The summed E-state index contributed by atoms with van der Waals surface area (Å²) in [7, 11) is 0. The lowest BCUT2D eigenvalue weighted by Crippen LogP contribution is -2.48. The van der Waals surface area contributed by atoms with E-state index in [4.69, 9.17) is 0 Å². The lowest BCUT2D eigenvalue weighted by Gasteiger charge is -2.34. The smallest absolute Gasteiger partial charge is 0.0664 e. The van der Waals surface area contributed by atoms with Crippen molar-refractivity contribution in [2.75, 3.05) is 39.3 Å². The zero-order valence-electron chi connectivity index (χ0n) is 8.87. The molecular weight excluding hydrogens is 164 g/mol. The van der Waals surface area contributed by atoms with E-state index in [2.05, 4.69) is 16.7 Å². The molecule has 3 nitrogen and oxygen atoms in total. The quantitative estimate of drug-likeness (QED) is 0.688. The Morgan fingerprint density at radius 3 is 2.08 bits per heavy atom. The van der Waals surface area contributed by atoms with Crippen LogP contribution in [0.25, 0.3) is 0 Å². The van der Waals surface area contributed by atoms with E-state index in [0.717, 1.165) is 45.7 Å². The summed E-state index contributed by atoms with van der Waals surface area (Å²) in [6, 6.07) is 0.